The summed E-state index contributed by atoms with van der Waals surface area (Å²) >= 11 is 0. The van der Waals surface area contributed by atoms with Crippen molar-refractivity contribution >= 4 is 18.4 Å². The summed E-state index contributed by atoms with van der Waals surface area (Å²) in [5, 5.41) is 0. The molecule has 0 fully saturated rings. The molecule has 4 nitrogen and oxygen atoms in total. The quantitative estimate of drug-likeness (QED) is 0.857. The average molecular weight is 231 g/mol. The minimum absolute atomic E-state index is 0. The molecule has 1 aromatic rings. The summed E-state index contributed by atoms with van der Waals surface area (Å²) in [5.41, 5.74) is 6.95. The predicted octanol–water partition coefficient (Wildman–Crippen LogP) is 1.76. The van der Waals surface area contributed by atoms with Crippen molar-refractivity contribution in [1.29, 1.82) is 0 Å². The second kappa shape index (κ2) is 6.58. The van der Waals surface area contributed by atoms with Crippen molar-refractivity contribution in [2.45, 2.75) is 25.8 Å². The monoisotopic (exact) mass is 230 g/mol. The fraction of sp³-hybridized carbons (Fsp3) is 0.600. The number of nitrogens with zero attached hydrogens (tertiary/aromatic N) is 3. The van der Waals surface area contributed by atoms with Gasteiger partial charge in [-0.25, -0.2) is 9.97 Å². The van der Waals surface area contributed by atoms with Gasteiger partial charge in [0.1, 0.15) is 0 Å². The molecule has 1 unspecified atom stereocenters. The first-order chi connectivity index (χ1) is 6.65. The molecular weight excluding hydrogens is 212 g/mol. The third-order valence-corrected chi connectivity index (χ3v) is 2.09. The van der Waals surface area contributed by atoms with Gasteiger partial charge in [0.15, 0.2) is 0 Å². The maximum Gasteiger partial charge on any atom is 0.224 e. The first kappa shape index (κ1) is 14.1. The van der Waals surface area contributed by atoms with Gasteiger partial charge >= 0.3 is 0 Å². The molecule has 86 valence electrons. The third kappa shape index (κ3) is 4.01. The van der Waals surface area contributed by atoms with E-state index in [9.17, 15) is 0 Å². The molecule has 0 aliphatic carbocycles. The lowest BCUT2D eigenvalue weighted by Crippen LogP contribution is -2.15. The molecule has 5 heteroatoms. The van der Waals surface area contributed by atoms with Crippen LogP contribution in [0.4, 0.5) is 5.95 Å². The second-order valence-corrected chi connectivity index (χ2v) is 3.61. The molecule has 2 N–H and O–H groups in total. The van der Waals surface area contributed by atoms with E-state index in [0.29, 0.717) is 0 Å². The summed E-state index contributed by atoms with van der Waals surface area (Å²) in [6.45, 7) is 2.12. The van der Waals surface area contributed by atoms with Crippen LogP contribution < -0.4 is 10.6 Å². The van der Waals surface area contributed by atoms with Gasteiger partial charge in [-0.2, -0.15) is 0 Å². The Labute approximate surface area is 97.3 Å². The van der Waals surface area contributed by atoms with Crippen LogP contribution >= 0.6 is 12.4 Å². The van der Waals surface area contributed by atoms with Gasteiger partial charge in [0.05, 0.1) is 0 Å². The molecule has 0 aliphatic heterocycles. The summed E-state index contributed by atoms with van der Waals surface area (Å²) in [6, 6.07) is 0.0659. The van der Waals surface area contributed by atoms with Crippen molar-refractivity contribution in [3.05, 3.63) is 18.0 Å². The summed E-state index contributed by atoms with van der Waals surface area (Å²) in [7, 11) is 3.84. The van der Waals surface area contributed by atoms with Crippen LogP contribution in [0.5, 0.6) is 0 Å². The summed E-state index contributed by atoms with van der Waals surface area (Å²) in [4.78, 5) is 10.3. The van der Waals surface area contributed by atoms with Crippen LogP contribution in [-0.4, -0.2) is 24.1 Å². The average Bonchev–Trinajstić information content (AvgIpc) is 2.18. The van der Waals surface area contributed by atoms with Gasteiger partial charge in [0.2, 0.25) is 5.95 Å². The first-order valence-electron chi connectivity index (χ1n) is 4.90. The molecular formula is C10H19ClN4. The van der Waals surface area contributed by atoms with E-state index < -0.39 is 0 Å². The highest BCUT2D eigenvalue weighted by Crippen LogP contribution is 2.14. The Bertz CT molecular complexity index is 273. The first-order valence-corrected chi connectivity index (χ1v) is 4.90. The third-order valence-electron chi connectivity index (χ3n) is 2.09. The van der Waals surface area contributed by atoms with Crippen LogP contribution in [0.3, 0.4) is 0 Å². The molecule has 1 rings (SSSR count). The summed E-state index contributed by atoms with van der Waals surface area (Å²) < 4.78 is 0. The lowest BCUT2D eigenvalue weighted by Gasteiger charge is -2.12. The molecule has 0 saturated carbocycles. The Morgan fingerprint density at radius 2 is 1.87 bits per heavy atom. The Balaban J connectivity index is 0.00000196. The normalized spacial score (nSPS) is 11.7. The van der Waals surface area contributed by atoms with Gasteiger partial charge in [0, 0.05) is 38.1 Å². The fourth-order valence-corrected chi connectivity index (χ4v) is 1.23. The molecule has 0 aliphatic rings. The zero-order valence-corrected chi connectivity index (χ0v) is 10.3. The highest BCUT2D eigenvalue weighted by Gasteiger charge is 2.06. The maximum atomic E-state index is 5.94. The maximum absolute atomic E-state index is 5.94. The number of rotatable bonds is 4. The summed E-state index contributed by atoms with van der Waals surface area (Å²) in [6.07, 6.45) is 5.67. The van der Waals surface area contributed by atoms with Crippen molar-refractivity contribution < 1.29 is 0 Å². The van der Waals surface area contributed by atoms with Gasteiger partial charge in [0.25, 0.3) is 0 Å². The van der Waals surface area contributed by atoms with Gasteiger partial charge < -0.3 is 10.6 Å². The Morgan fingerprint density at radius 1 is 1.33 bits per heavy atom. The topological polar surface area (TPSA) is 55.0 Å². The van der Waals surface area contributed by atoms with Crippen LogP contribution in [0.2, 0.25) is 0 Å². The minimum atomic E-state index is 0. The zero-order chi connectivity index (χ0) is 10.6. The number of hydrogen-bond acceptors (Lipinski definition) is 4. The molecule has 0 saturated heterocycles. The van der Waals surface area contributed by atoms with Crippen molar-refractivity contribution in [2.75, 3.05) is 19.0 Å². The molecule has 0 amide bonds. The molecule has 0 spiro atoms. The molecule has 0 radical (unpaired) electrons. The minimum Gasteiger partial charge on any atom is -0.347 e. The number of hydrogen-bond donors (Lipinski definition) is 1. The molecule has 1 heterocycles. The molecule has 1 aromatic heterocycles. The fourth-order valence-electron chi connectivity index (χ4n) is 1.23. The van der Waals surface area contributed by atoms with Crippen LogP contribution in [0.25, 0.3) is 0 Å². The van der Waals surface area contributed by atoms with Gasteiger partial charge in [-0.15, -0.1) is 12.4 Å². The van der Waals surface area contributed by atoms with E-state index in [1.165, 1.54) is 0 Å². The zero-order valence-electron chi connectivity index (χ0n) is 9.47. The van der Waals surface area contributed by atoms with Crippen LogP contribution in [0.15, 0.2) is 12.4 Å². The lowest BCUT2D eigenvalue weighted by molar-refractivity contribution is 0.633. The molecule has 1 atom stereocenters. The SMILES string of the molecule is CCCC(N)c1cnc(N(C)C)nc1.Cl. The smallest absolute Gasteiger partial charge is 0.224 e. The van der Waals surface area contributed by atoms with E-state index in [0.717, 1.165) is 24.4 Å². The van der Waals surface area contributed by atoms with E-state index in [4.69, 9.17) is 5.73 Å². The van der Waals surface area contributed by atoms with E-state index in [-0.39, 0.29) is 18.4 Å². The molecule has 0 aromatic carbocycles. The Kier molecular flexibility index (Phi) is 6.20. The highest BCUT2D eigenvalue weighted by atomic mass is 35.5. The van der Waals surface area contributed by atoms with Gasteiger partial charge in [-0.1, -0.05) is 13.3 Å². The second-order valence-electron chi connectivity index (χ2n) is 3.61. The van der Waals surface area contributed by atoms with E-state index in [1.54, 1.807) is 0 Å². The van der Waals surface area contributed by atoms with E-state index in [2.05, 4.69) is 16.9 Å². The van der Waals surface area contributed by atoms with Crippen LogP contribution in [-0.2, 0) is 0 Å². The van der Waals surface area contributed by atoms with Crippen molar-refractivity contribution in [1.82, 2.24) is 9.97 Å². The lowest BCUT2D eigenvalue weighted by atomic mass is 10.1. The Morgan fingerprint density at radius 3 is 2.27 bits per heavy atom. The predicted molar refractivity (Wildman–Crippen MR) is 65.4 cm³/mol. The van der Waals surface area contributed by atoms with E-state index in [1.807, 2.05) is 31.4 Å². The van der Waals surface area contributed by atoms with Crippen molar-refractivity contribution in [2.24, 2.45) is 5.73 Å². The van der Waals surface area contributed by atoms with Crippen LogP contribution in [0, 0.1) is 0 Å². The van der Waals surface area contributed by atoms with Crippen molar-refractivity contribution in [3.8, 4) is 0 Å². The van der Waals surface area contributed by atoms with E-state index >= 15 is 0 Å². The number of aromatic nitrogens is 2. The van der Waals surface area contributed by atoms with Gasteiger partial charge in [-0.05, 0) is 6.42 Å². The largest absolute Gasteiger partial charge is 0.347 e. The molecule has 0 bridgehead atoms. The number of halogens is 1. The highest BCUT2D eigenvalue weighted by molar-refractivity contribution is 5.85. The number of anilines is 1. The standard InChI is InChI=1S/C10H18N4.ClH/c1-4-5-9(11)8-6-12-10(13-7-8)14(2)3;/h6-7,9H,4-5,11H2,1-3H3;1H. The Hall–Kier alpha value is -0.870. The summed E-state index contributed by atoms with van der Waals surface area (Å²) in [5.74, 6) is 0.720. The van der Waals surface area contributed by atoms with Crippen LogP contribution in [0.1, 0.15) is 31.4 Å². The van der Waals surface area contributed by atoms with Crippen molar-refractivity contribution in [3.63, 3.8) is 0 Å². The van der Waals surface area contributed by atoms with Gasteiger partial charge in [-0.3, -0.25) is 0 Å². The molecule has 15 heavy (non-hydrogen) atoms. The number of nitrogens with two attached hydrogens (primary N) is 1.